The summed E-state index contributed by atoms with van der Waals surface area (Å²) in [5, 5.41) is 18.9. The molecule has 0 amide bonds. The maximum Gasteiger partial charge on any atom is 0.423 e. The van der Waals surface area contributed by atoms with Gasteiger partial charge in [-0.05, 0) is 6.07 Å². The summed E-state index contributed by atoms with van der Waals surface area (Å²) < 4.78 is 63.0. The average Bonchev–Trinajstić information content (AvgIpc) is 2.26. The van der Waals surface area contributed by atoms with Gasteiger partial charge in [0.1, 0.15) is 5.56 Å². The lowest BCUT2D eigenvalue weighted by molar-refractivity contribution is -0.389. The minimum Gasteiger partial charge on any atom is -0.258 e. The maximum absolute atomic E-state index is 12.6. The number of aromatic nitrogens is 1. The van der Waals surface area contributed by atoms with Crippen molar-refractivity contribution in [2.75, 3.05) is 0 Å². The molecule has 1 heterocycles. The second-order valence-electron chi connectivity index (χ2n) is 3.29. The van der Waals surface area contributed by atoms with E-state index in [1.807, 2.05) is 0 Å². The molecule has 1 rings (SSSR count). The SMILES string of the molecule is N#CCc1cc(C(F)(F)F)c([N+](=O)[O-])c(C(F)F)n1. The number of hydrogen-bond donors (Lipinski definition) is 0. The van der Waals surface area contributed by atoms with E-state index in [0.29, 0.717) is 0 Å². The predicted molar refractivity (Wildman–Crippen MR) is 50.2 cm³/mol. The minimum atomic E-state index is -5.20. The normalized spacial score (nSPS) is 11.4. The van der Waals surface area contributed by atoms with Gasteiger partial charge in [-0.2, -0.15) is 18.4 Å². The van der Waals surface area contributed by atoms with E-state index in [2.05, 4.69) is 4.98 Å². The molecule has 0 atom stereocenters. The lowest BCUT2D eigenvalue weighted by Crippen LogP contribution is -2.14. The summed E-state index contributed by atoms with van der Waals surface area (Å²) in [6.07, 6.45) is -9.42. The first-order chi connectivity index (χ1) is 8.68. The summed E-state index contributed by atoms with van der Waals surface area (Å²) in [5.41, 5.74) is -5.82. The molecule has 0 fully saturated rings. The molecular formula is C9H4F5N3O2. The van der Waals surface area contributed by atoms with E-state index in [0.717, 1.165) is 0 Å². The van der Waals surface area contributed by atoms with Gasteiger partial charge in [-0.15, -0.1) is 0 Å². The first-order valence-corrected chi connectivity index (χ1v) is 4.59. The van der Waals surface area contributed by atoms with Gasteiger partial charge in [0.2, 0.25) is 0 Å². The lowest BCUT2D eigenvalue weighted by Gasteiger charge is -2.11. The first kappa shape index (κ1) is 14.7. The summed E-state index contributed by atoms with van der Waals surface area (Å²) in [4.78, 5) is 12.0. The van der Waals surface area contributed by atoms with Gasteiger partial charge in [0.05, 0.1) is 23.1 Å². The van der Waals surface area contributed by atoms with Crippen molar-refractivity contribution in [1.82, 2.24) is 4.98 Å². The standard InChI is InChI=1S/C9H4F5N3O2/c10-8(11)6-7(17(18)19)5(9(12,13)14)3-4(16-6)1-2-15/h3,8H,1H2. The fraction of sp³-hybridized carbons (Fsp3) is 0.333. The van der Waals surface area contributed by atoms with Crippen LogP contribution in [-0.2, 0) is 12.6 Å². The van der Waals surface area contributed by atoms with Crippen LogP contribution in [0.15, 0.2) is 6.07 Å². The molecule has 0 aliphatic heterocycles. The average molecular weight is 281 g/mol. The topological polar surface area (TPSA) is 79.8 Å². The van der Waals surface area contributed by atoms with Crippen LogP contribution in [0.4, 0.5) is 27.6 Å². The van der Waals surface area contributed by atoms with Crippen LogP contribution in [0.3, 0.4) is 0 Å². The second kappa shape index (κ2) is 5.13. The van der Waals surface area contributed by atoms with Crippen molar-refractivity contribution in [1.29, 1.82) is 5.26 Å². The van der Waals surface area contributed by atoms with Crippen molar-refractivity contribution in [2.24, 2.45) is 0 Å². The molecule has 5 nitrogen and oxygen atoms in total. The molecule has 0 unspecified atom stereocenters. The molecule has 0 aliphatic rings. The summed E-state index contributed by atoms with van der Waals surface area (Å²) in [7, 11) is 0. The predicted octanol–water partition coefficient (Wildman–Crippen LogP) is 3.01. The van der Waals surface area contributed by atoms with Crippen molar-refractivity contribution in [3.8, 4) is 6.07 Å². The Morgan fingerprint density at radius 1 is 1.47 bits per heavy atom. The number of nitrogens with zero attached hydrogens (tertiary/aromatic N) is 3. The monoisotopic (exact) mass is 281 g/mol. The zero-order valence-corrected chi connectivity index (χ0v) is 8.91. The third-order valence-corrected chi connectivity index (χ3v) is 2.03. The Labute approximate surface area is 102 Å². The van der Waals surface area contributed by atoms with Crippen molar-refractivity contribution >= 4 is 5.69 Å². The third-order valence-electron chi connectivity index (χ3n) is 2.03. The summed E-state index contributed by atoms with van der Waals surface area (Å²) in [6, 6.07) is 1.66. The van der Waals surface area contributed by atoms with E-state index in [-0.39, 0.29) is 6.07 Å². The Kier molecular flexibility index (Phi) is 3.98. The number of alkyl halides is 5. The minimum absolute atomic E-state index is 0.229. The summed E-state index contributed by atoms with van der Waals surface area (Å²) in [6.45, 7) is 0. The van der Waals surface area contributed by atoms with Gasteiger partial charge < -0.3 is 0 Å². The number of hydrogen-bond acceptors (Lipinski definition) is 4. The zero-order valence-electron chi connectivity index (χ0n) is 8.91. The van der Waals surface area contributed by atoms with E-state index in [1.54, 1.807) is 0 Å². The molecule has 10 heteroatoms. The van der Waals surface area contributed by atoms with E-state index in [9.17, 15) is 32.1 Å². The van der Waals surface area contributed by atoms with E-state index < -0.39 is 46.6 Å². The Morgan fingerprint density at radius 2 is 2.05 bits per heavy atom. The quantitative estimate of drug-likeness (QED) is 0.484. The third kappa shape index (κ3) is 3.12. The number of rotatable bonds is 3. The zero-order chi connectivity index (χ0) is 14.8. The van der Waals surface area contributed by atoms with Gasteiger partial charge >= 0.3 is 11.9 Å². The van der Waals surface area contributed by atoms with Crippen molar-refractivity contribution in [3.05, 3.63) is 33.1 Å². The molecule has 0 aromatic carbocycles. The van der Waals surface area contributed by atoms with E-state index in [4.69, 9.17) is 5.26 Å². The molecule has 0 spiro atoms. The Morgan fingerprint density at radius 3 is 2.42 bits per heavy atom. The molecule has 0 saturated heterocycles. The highest BCUT2D eigenvalue weighted by Crippen LogP contribution is 2.40. The molecule has 0 radical (unpaired) electrons. The molecule has 0 aliphatic carbocycles. The highest BCUT2D eigenvalue weighted by atomic mass is 19.4. The van der Waals surface area contributed by atoms with Crippen molar-refractivity contribution < 1.29 is 26.9 Å². The fourth-order valence-electron chi connectivity index (χ4n) is 1.34. The Bertz CT molecular complexity index is 550. The smallest absolute Gasteiger partial charge is 0.258 e. The number of nitro groups is 1. The van der Waals surface area contributed by atoms with Crippen LogP contribution in [0.25, 0.3) is 0 Å². The first-order valence-electron chi connectivity index (χ1n) is 4.59. The van der Waals surface area contributed by atoms with Gasteiger partial charge in [-0.25, -0.2) is 13.8 Å². The molecule has 19 heavy (non-hydrogen) atoms. The summed E-state index contributed by atoms with van der Waals surface area (Å²) in [5.74, 6) is 0. The lowest BCUT2D eigenvalue weighted by atomic mass is 10.1. The molecule has 0 bridgehead atoms. The van der Waals surface area contributed by atoms with Crippen LogP contribution < -0.4 is 0 Å². The van der Waals surface area contributed by atoms with Crippen LogP contribution in [0.1, 0.15) is 23.4 Å². The Balaban J connectivity index is 3.67. The van der Waals surface area contributed by atoms with Crippen LogP contribution in [0.2, 0.25) is 0 Å². The summed E-state index contributed by atoms with van der Waals surface area (Å²) >= 11 is 0. The van der Waals surface area contributed by atoms with E-state index >= 15 is 0 Å². The van der Waals surface area contributed by atoms with Gasteiger partial charge in [-0.1, -0.05) is 0 Å². The van der Waals surface area contributed by atoms with Crippen LogP contribution >= 0.6 is 0 Å². The fourth-order valence-corrected chi connectivity index (χ4v) is 1.34. The van der Waals surface area contributed by atoms with Gasteiger partial charge in [0, 0.05) is 0 Å². The second-order valence-corrected chi connectivity index (χ2v) is 3.29. The highest BCUT2D eigenvalue weighted by Gasteiger charge is 2.42. The van der Waals surface area contributed by atoms with Crippen LogP contribution in [-0.4, -0.2) is 9.91 Å². The Hall–Kier alpha value is -2.31. The van der Waals surface area contributed by atoms with Crippen molar-refractivity contribution in [3.63, 3.8) is 0 Å². The van der Waals surface area contributed by atoms with Crippen LogP contribution in [0, 0.1) is 21.4 Å². The largest absolute Gasteiger partial charge is 0.423 e. The molecule has 102 valence electrons. The number of pyridine rings is 1. The van der Waals surface area contributed by atoms with Gasteiger partial charge in [0.25, 0.3) is 6.43 Å². The maximum atomic E-state index is 12.6. The molecule has 0 N–H and O–H groups in total. The highest BCUT2D eigenvalue weighted by molar-refractivity contribution is 5.48. The van der Waals surface area contributed by atoms with Crippen LogP contribution in [0.5, 0.6) is 0 Å². The van der Waals surface area contributed by atoms with E-state index in [1.165, 1.54) is 6.07 Å². The van der Waals surface area contributed by atoms with Gasteiger partial charge in [-0.3, -0.25) is 10.1 Å². The number of halogens is 5. The molecule has 1 aromatic rings. The molecule has 1 aromatic heterocycles. The number of nitriles is 1. The molecule has 0 saturated carbocycles. The molecular weight excluding hydrogens is 277 g/mol. The van der Waals surface area contributed by atoms with Gasteiger partial charge in [0.15, 0.2) is 5.69 Å². The van der Waals surface area contributed by atoms with Crippen molar-refractivity contribution in [2.45, 2.75) is 19.0 Å².